The molecule has 1 saturated heterocycles. The highest BCUT2D eigenvalue weighted by molar-refractivity contribution is 8.00. The average Bonchev–Trinajstić information content (AvgIpc) is 2.89. The van der Waals surface area contributed by atoms with Crippen LogP contribution < -0.4 is 0 Å². The van der Waals surface area contributed by atoms with Crippen molar-refractivity contribution < 1.29 is 4.79 Å². The Hall–Kier alpha value is -1.81. The second-order valence-corrected chi connectivity index (χ2v) is 7.41. The van der Waals surface area contributed by atoms with Crippen LogP contribution in [0.1, 0.15) is 35.9 Å². The maximum Gasteiger partial charge on any atom is 0.233 e. The molecule has 0 bridgehead atoms. The molecule has 3 nitrogen and oxygen atoms in total. The van der Waals surface area contributed by atoms with Gasteiger partial charge in [-0.25, -0.2) is 0 Å². The number of aromatic nitrogens is 1. The minimum atomic E-state index is 0.0947. The molecule has 2 aromatic rings. The molecule has 0 N–H and O–H groups in total. The predicted octanol–water partition coefficient (Wildman–Crippen LogP) is 3.90. The summed E-state index contributed by atoms with van der Waals surface area (Å²) in [7, 11) is 0. The van der Waals surface area contributed by atoms with E-state index in [0.717, 1.165) is 13.0 Å². The molecule has 0 spiro atoms. The Kier molecular flexibility index (Phi) is 5.01. The van der Waals surface area contributed by atoms with Crippen molar-refractivity contribution in [2.75, 3.05) is 12.3 Å². The smallest absolute Gasteiger partial charge is 0.233 e. The van der Waals surface area contributed by atoms with E-state index in [0.29, 0.717) is 11.7 Å². The summed E-state index contributed by atoms with van der Waals surface area (Å²) in [6.07, 6.45) is 4.65. The summed E-state index contributed by atoms with van der Waals surface area (Å²) < 4.78 is 0. The molecule has 0 saturated carbocycles. The summed E-state index contributed by atoms with van der Waals surface area (Å²) in [6.45, 7) is 5.11. The third-order valence-electron chi connectivity index (χ3n) is 3.98. The van der Waals surface area contributed by atoms with Gasteiger partial charge in [-0.3, -0.25) is 9.78 Å². The van der Waals surface area contributed by atoms with E-state index in [-0.39, 0.29) is 11.3 Å². The molecule has 2 heterocycles. The number of pyridine rings is 1. The van der Waals surface area contributed by atoms with Gasteiger partial charge in [0, 0.05) is 24.5 Å². The summed E-state index contributed by atoms with van der Waals surface area (Å²) in [5.74, 6) is 1.27. The molecule has 1 aliphatic rings. The lowest BCUT2D eigenvalue weighted by atomic mass is 10.0. The molecule has 0 aliphatic carbocycles. The Labute approximate surface area is 142 Å². The van der Waals surface area contributed by atoms with E-state index in [9.17, 15) is 4.79 Å². The summed E-state index contributed by atoms with van der Waals surface area (Å²) in [6, 6.07) is 12.5. The topological polar surface area (TPSA) is 33.2 Å². The van der Waals surface area contributed by atoms with Gasteiger partial charge in [0.15, 0.2) is 0 Å². The Bertz CT molecular complexity index is 672. The third kappa shape index (κ3) is 3.75. The van der Waals surface area contributed by atoms with Crippen molar-refractivity contribution in [3.63, 3.8) is 0 Å². The van der Waals surface area contributed by atoms with Crippen molar-refractivity contribution >= 4 is 17.7 Å². The molecule has 1 atom stereocenters. The number of amides is 1. The number of hydrogen-bond acceptors (Lipinski definition) is 3. The van der Waals surface area contributed by atoms with Gasteiger partial charge < -0.3 is 4.90 Å². The lowest BCUT2D eigenvalue weighted by Gasteiger charge is -2.27. The molecule has 3 rings (SSSR count). The van der Waals surface area contributed by atoms with E-state index < -0.39 is 0 Å². The molecule has 4 heteroatoms. The van der Waals surface area contributed by atoms with E-state index in [4.69, 9.17) is 0 Å². The van der Waals surface area contributed by atoms with Crippen LogP contribution in [0.25, 0.3) is 0 Å². The SMILES string of the molecule is CC(C)CN1C(=O)CSC1c1cnccc1Cc1ccccc1. The zero-order valence-electron chi connectivity index (χ0n) is 13.6. The van der Waals surface area contributed by atoms with Crippen LogP contribution in [-0.2, 0) is 11.2 Å². The van der Waals surface area contributed by atoms with Gasteiger partial charge in [-0.2, -0.15) is 0 Å². The Morgan fingerprint density at radius 2 is 2.04 bits per heavy atom. The predicted molar refractivity (Wildman–Crippen MR) is 95.2 cm³/mol. The lowest BCUT2D eigenvalue weighted by Crippen LogP contribution is -2.32. The van der Waals surface area contributed by atoms with Crippen LogP contribution in [0.3, 0.4) is 0 Å². The molecule has 1 aromatic heterocycles. The number of carbonyl (C=O) groups is 1. The number of carbonyl (C=O) groups excluding carboxylic acids is 1. The van der Waals surface area contributed by atoms with Crippen LogP contribution in [0.2, 0.25) is 0 Å². The Morgan fingerprint density at radius 3 is 2.78 bits per heavy atom. The fourth-order valence-electron chi connectivity index (χ4n) is 2.94. The van der Waals surface area contributed by atoms with E-state index in [1.807, 2.05) is 23.4 Å². The van der Waals surface area contributed by atoms with Crippen LogP contribution in [0.5, 0.6) is 0 Å². The first-order valence-corrected chi connectivity index (χ1v) is 9.08. The molecule has 1 aliphatic heterocycles. The minimum Gasteiger partial charge on any atom is -0.326 e. The van der Waals surface area contributed by atoms with Crippen LogP contribution in [0.4, 0.5) is 0 Å². The first-order valence-electron chi connectivity index (χ1n) is 8.03. The highest BCUT2D eigenvalue weighted by Gasteiger charge is 2.34. The van der Waals surface area contributed by atoms with Gasteiger partial charge in [0.2, 0.25) is 5.91 Å². The highest BCUT2D eigenvalue weighted by Crippen LogP contribution is 2.40. The van der Waals surface area contributed by atoms with Gasteiger partial charge in [-0.1, -0.05) is 44.2 Å². The molecule has 0 radical (unpaired) electrons. The summed E-state index contributed by atoms with van der Waals surface area (Å²) in [4.78, 5) is 18.6. The average molecular weight is 326 g/mol. The highest BCUT2D eigenvalue weighted by atomic mass is 32.2. The van der Waals surface area contributed by atoms with Gasteiger partial charge in [0.25, 0.3) is 0 Å². The standard InChI is InChI=1S/C19H22N2OS/c1-14(2)12-21-18(22)13-23-19(21)17-11-20-9-8-16(17)10-15-6-4-3-5-7-15/h3-9,11,14,19H,10,12-13H2,1-2H3. The van der Waals surface area contributed by atoms with Crippen molar-refractivity contribution in [2.24, 2.45) is 5.92 Å². The van der Waals surface area contributed by atoms with Crippen molar-refractivity contribution in [3.05, 3.63) is 65.5 Å². The van der Waals surface area contributed by atoms with E-state index in [1.54, 1.807) is 11.8 Å². The Balaban J connectivity index is 1.89. The molecule has 120 valence electrons. The van der Waals surface area contributed by atoms with Crippen LogP contribution in [-0.4, -0.2) is 28.1 Å². The number of nitrogens with zero attached hydrogens (tertiary/aromatic N) is 2. The quantitative estimate of drug-likeness (QED) is 0.835. The number of rotatable bonds is 5. The molecule has 1 unspecified atom stereocenters. The largest absolute Gasteiger partial charge is 0.326 e. The summed E-state index contributed by atoms with van der Waals surface area (Å²) in [5, 5.41) is 0.0947. The van der Waals surface area contributed by atoms with Crippen molar-refractivity contribution in [2.45, 2.75) is 25.6 Å². The van der Waals surface area contributed by atoms with Crippen LogP contribution >= 0.6 is 11.8 Å². The van der Waals surface area contributed by atoms with E-state index >= 15 is 0 Å². The zero-order chi connectivity index (χ0) is 16.2. The molecule has 1 aromatic carbocycles. The molecular formula is C19H22N2OS. The van der Waals surface area contributed by atoms with E-state index in [1.165, 1.54) is 16.7 Å². The van der Waals surface area contributed by atoms with Crippen molar-refractivity contribution in [1.29, 1.82) is 0 Å². The van der Waals surface area contributed by atoms with Crippen LogP contribution in [0.15, 0.2) is 48.8 Å². The number of thioether (sulfide) groups is 1. The third-order valence-corrected chi connectivity index (χ3v) is 5.22. The molecule has 23 heavy (non-hydrogen) atoms. The maximum atomic E-state index is 12.2. The molecule has 1 fully saturated rings. The fourth-order valence-corrected chi connectivity index (χ4v) is 4.18. The lowest BCUT2D eigenvalue weighted by molar-refractivity contribution is -0.128. The first-order chi connectivity index (χ1) is 11.1. The monoisotopic (exact) mass is 326 g/mol. The maximum absolute atomic E-state index is 12.2. The second kappa shape index (κ2) is 7.18. The van der Waals surface area contributed by atoms with Gasteiger partial charge in [-0.15, -0.1) is 11.8 Å². The minimum absolute atomic E-state index is 0.0947. The first kappa shape index (κ1) is 16.1. The van der Waals surface area contributed by atoms with Gasteiger partial charge >= 0.3 is 0 Å². The van der Waals surface area contributed by atoms with E-state index in [2.05, 4.69) is 49.2 Å². The normalized spacial score (nSPS) is 18.0. The van der Waals surface area contributed by atoms with Gasteiger partial charge in [0.05, 0.1) is 5.75 Å². The van der Waals surface area contributed by atoms with Crippen molar-refractivity contribution in [3.8, 4) is 0 Å². The fraction of sp³-hybridized carbons (Fsp3) is 0.368. The zero-order valence-corrected chi connectivity index (χ0v) is 14.4. The summed E-state index contributed by atoms with van der Waals surface area (Å²) in [5.41, 5.74) is 3.71. The second-order valence-electron chi connectivity index (χ2n) is 6.34. The summed E-state index contributed by atoms with van der Waals surface area (Å²) >= 11 is 1.71. The molecular weight excluding hydrogens is 304 g/mol. The Morgan fingerprint density at radius 1 is 1.26 bits per heavy atom. The molecule has 1 amide bonds. The number of benzene rings is 1. The number of hydrogen-bond donors (Lipinski definition) is 0. The van der Waals surface area contributed by atoms with Crippen LogP contribution in [0, 0.1) is 5.92 Å². The van der Waals surface area contributed by atoms with Gasteiger partial charge in [-0.05, 0) is 29.5 Å². The van der Waals surface area contributed by atoms with Crippen molar-refractivity contribution in [1.82, 2.24) is 9.88 Å². The van der Waals surface area contributed by atoms with Gasteiger partial charge in [0.1, 0.15) is 5.37 Å².